The van der Waals surface area contributed by atoms with Gasteiger partial charge in [0.15, 0.2) is 0 Å². The molecular formula is C66H40N2O2. The summed E-state index contributed by atoms with van der Waals surface area (Å²) >= 11 is 0. The summed E-state index contributed by atoms with van der Waals surface area (Å²) in [5.41, 5.74) is 10.0. The first-order valence-electron chi connectivity index (χ1n) is 23.9. The molecule has 70 heavy (non-hydrogen) atoms. The van der Waals surface area contributed by atoms with Gasteiger partial charge in [-0.1, -0.05) is 146 Å². The van der Waals surface area contributed by atoms with E-state index >= 15 is 0 Å². The van der Waals surface area contributed by atoms with Crippen molar-refractivity contribution in [2.45, 2.75) is 0 Å². The van der Waals surface area contributed by atoms with Gasteiger partial charge in [0, 0.05) is 65.8 Å². The Bertz CT molecular complexity index is 4330. The first-order chi connectivity index (χ1) is 34.7. The number of hydrogen-bond donors (Lipinski definition) is 0. The molecule has 0 aliphatic carbocycles. The molecule has 0 radical (unpaired) electrons. The second kappa shape index (κ2) is 15.1. The Labute approximate surface area is 402 Å². The van der Waals surface area contributed by atoms with Crippen molar-refractivity contribution < 1.29 is 8.83 Å². The molecule has 13 aromatic carbocycles. The van der Waals surface area contributed by atoms with Crippen LogP contribution in [0.25, 0.3) is 109 Å². The van der Waals surface area contributed by atoms with Crippen molar-refractivity contribution in [3.8, 4) is 0 Å². The van der Waals surface area contributed by atoms with E-state index in [4.69, 9.17) is 8.83 Å². The molecule has 4 heteroatoms. The number of nitrogens with zero attached hydrogens (tertiary/aromatic N) is 2. The third kappa shape index (κ3) is 5.90. The highest BCUT2D eigenvalue weighted by molar-refractivity contribution is 6.30. The van der Waals surface area contributed by atoms with Gasteiger partial charge in [-0.25, -0.2) is 0 Å². The maximum Gasteiger partial charge on any atom is 0.143 e. The molecule has 15 aromatic rings. The van der Waals surface area contributed by atoms with E-state index in [9.17, 15) is 0 Å². The highest BCUT2D eigenvalue weighted by Crippen LogP contribution is 2.47. The average molecular weight is 893 g/mol. The smallest absolute Gasteiger partial charge is 0.143 e. The van der Waals surface area contributed by atoms with Gasteiger partial charge in [-0.15, -0.1) is 0 Å². The summed E-state index contributed by atoms with van der Waals surface area (Å²) in [6.07, 6.45) is 0. The molecular weight excluding hydrogens is 853 g/mol. The maximum absolute atomic E-state index is 6.88. The minimum Gasteiger partial charge on any atom is -0.455 e. The summed E-state index contributed by atoms with van der Waals surface area (Å²) in [5.74, 6) is 0. The molecule has 2 aromatic heterocycles. The zero-order valence-electron chi connectivity index (χ0n) is 37.8. The van der Waals surface area contributed by atoms with Crippen LogP contribution in [0, 0.1) is 0 Å². The summed E-state index contributed by atoms with van der Waals surface area (Å²) in [5, 5.41) is 18.2. The average Bonchev–Trinajstić information content (AvgIpc) is 4.00. The van der Waals surface area contributed by atoms with E-state index in [0.29, 0.717) is 0 Å². The van der Waals surface area contributed by atoms with Gasteiger partial charge in [0.1, 0.15) is 22.3 Å². The summed E-state index contributed by atoms with van der Waals surface area (Å²) in [6, 6.07) is 87.5. The minimum absolute atomic E-state index is 0.840. The molecule has 0 bridgehead atoms. The zero-order valence-corrected chi connectivity index (χ0v) is 37.8. The van der Waals surface area contributed by atoms with E-state index in [1.807, 2.05) is 0 Å². The number of fused-ring (bicyclic) bond motifs is 15. The van der Waals surface area contributed by atoms with Crippen molar-refractivity contribution in [2.75, 3.05) is 9.80 Å². The Morgan fingerprint density at radius 3 is 1.03 bits per heavy atom. The summed E-state index contributed by atoms with van der Waals surface area (Å²) < 4.78 is 13.8. The third-order valence-corrected chi connectivity index (χ3v) is 14.5. The molecule has 0 unspecified atom stereocenters. The molecule has 0 N–H and O–H groups in total. The summed E-state index contributed by atoms with van der Waals surface area (Å²) in [6.45, 7) is 0. The molecule has 0 fully saturated rings. The molecule has 2 heterocycles. The zero-order chi connectivity index (χ0) is 45.9. The number of hydrogen-bond acceptors (Lipinski definition) is 4. The molecule has 0 saturated heterocycles. The van der Waals surface area contributed by atoms with Crippen molar-refractivity contribution in [1.29, 1.82) is 0 Å². The van der Waals surface area contributed by atoms with Crippen LogP contribution < -0.4 is 9.80 Å². The Morgan fingerprint density at radius 2 is 0.571 bits per heavy atom. The van der Waals surface area contributed by atoms with Crippen LogP contribution in [-0.4, -0.2) is 0 Å². The van der Waals surface area contributed by atoms with Crippen molar-refractivity contribution in [3.05, 3.63) is 243 Å². The van der Waals surface area contributed by atoms with Crippen LogP contribution in [0.2, 0.25) is 0 Å². The fraction of sp³-hybridized carbons (Fsp3) is 0. The predicted octanol–water partition coefficient (Wildman–Crippen LogP) is 19.3. The number of anilines is 6. The van der Waals surface area contributed by atoms with Gasteiger partial charge in [-0.3, -0.25) is 0 Å². The molecule has 0 saturated carbocycles. The minimum atomic E-state index is 0.840. The molecule has 0 aliphatic rings. The number of furan rings is 2. The van der Waals surface area contributed by atoms with Crippen molar-refractivity contribution in [1.82, 2.24) is 0 Å². The second-order valence-electron chi connectivity index (χ2n) is 18.4. The molecule has 0 atom stereocenters. The van der Waals surface area contributed by atoms with Crippen LogP contribution in [0.4, 0.5) is 34.1 Å². The molecule has 0 aliphatic heterocycles. The van der Waals surface area contributed by atoms with E-state index in [0.717, 1.165) is 99.5 Å². The molecule has 4 nitrogen and oxygen atoms in total. The SMILES string of the molecule is c1ccc2cc(N(c3ccc4c(ccc5c4oc4ccc6oc7c8ccc(N(c9ccc%10ccccc%10c9)c9cccc%10ccccc9%10)cc8ccc7c6c45)c3)c3cccc4ccccc34)ccc2c1. The van der Waals surface area contributed by atoms with Gasteiger partial charge in [-0.05, 0) is 140 Å². The van der Waals surface area contributed by atoms with E-state index in [1.54, 1.807) is 0 Å². The Balaban J connectivity index is 0.873. The lowest BCUT2D eigenvalue weighted by atomic mass is 10.00. The van der Waals surface area contributed by atoms with Crippen molar-refractivity contribution in [2.24, 2.45) is 0 Å². The topological polar surface area (TPSA) is 32.8 Å². The summed E-state index contributed by atoms with van der Waals surface area (Å²) in [4.78, 5) is 4.77. The fourth-order valence-electron chi connectivity index (χ4n) is 11.3. The van der Waals surface area contributed by atoms with E-state index in [1.165, 1.54) is 43.1 Å². The van der Waals surface area contributed by atoms with Gasteiger partial charge < -0.3 is 18.6 Å². The number of benzene rings is 13. The van der Waals surface area contributed by atoms with Gasteiger partial charge in [-0.2, -0.15) is 0 Å². The van der Waals surface area contributed by atoms with Crippen LogP contribution in [0.5, 0.6) is 0 Å². The van der Waals surface area contributed by atoms with Crippen molar-refractivity contribution >= 4 is 143 Å². The lowest BCUT2D eigenvalue weighted by molar-refractivity contribution is 0.666. The van der Waals surface area contributed by atoms with Gasteiger partial charge in [0.2, 0.25) is 0 Å². The van der Waals surface area contributed by atoms with Crippen LogP contribution in [0.15, 0.2) is 251 Å². The lowest BCUT2D eigenvalue weighted by Gasteiger charge is -2.27. The molecule has 0 spiro atoms. The van der Waals surface area contributed by atoms with Gasteiger partial charge >= 0.3 is 0 Å². The van der Waals surface area contributed by atoms with Crippen LogP contribution in [-0.2, 0) is 0 Å². The van der Waals surface area contributed by atoms with Crippen molar-refractivity contribution in [3.63, 3.8) is 0 Å². The van der Waals surface area contributed by atoms with E-state index in [-0.39, 0.29) is 0 Å². The first-order valence-corrected chi connectivity index (χ1v) is 23.9. The second-order valence-corrected chi connectivity index (χ2v) is 18.4. The van der Waals surface area contributed by atoms with Gasteiger partial charge in [0.05, 0.1) is 11.4 Å². The molecule has 15 rings (SSSR count). The molecule has 326 valence electrons. The first kappa shape index (κ1) is 38.7. The highest BCUT2D eigenvalue weighted by atomic mass is 16.3. The van der Waals surface area contributed by atoms with Crippen LogP contribution >= 0.6 is 0 Å². The summed E-state index contributed by atoms with van der Waals surface area (Å²) in [7, 11) is 0. The van der Waals surface area contributed by atoms with E-state index in [2.05, 4.69) is 252 Å². The monoisotopic (exact) mass is 892 g/mol. The fourth-order valence-corrected chi connectivity index (χ4v) is 11.3. The normalized spacial score (nSPS) is 12.0. The maximum atomic E-state index is 6.88. The predicted molar refractivity (Wildman–Crippen MR) is 295 cm³/mol. The lowest BCUT2D eigenvalue weighted by Crippen LogP contribution is -2.10. The Morgan fingerprint density at radius 1 is 0.229 bits per heavy atom. The Kier molecular flexibility index (Phi) is 8.33. The highest BCUT2D eigenvalue weighted by Gasteiger charge is 2.22. The van der Waals surface area contributed by atoms with Crippen LogP contribution in [0.3, 0.4) is 0 Å². The largest absolute Gasteiger partial charge is 0.455 e. The van der Waals surface area contributed by atoms with Crippen LogP contribution in [0.1, 0.15) is 0 Å². The quantitative estimate of drug-likeness (QED) is 0.166. The Hall–Kier alpha value is -9.38. The third-order valence-electron chi connectivity index (χ3n) is 14.5. The molecule has 0 amide bonds. The van der Waals surface area contributed by atoms with Gasteiger partial charge in [0.25, 0.3) is 0 Å². The standard InChI is InChI=1S/C66H40N2O2/c1-3-15-45-37-49(27-23-41(45)11-1)67(59-21-9-17-43-13-5-7-19-53(43)59)51-29-33-55-47(39-51)25-31-57-63-61(69-65(55)57)35-36-62-64(63)58-32-26-48-40-52(30-34-56(48)66(58)70-62)68(50-28-24-42-12-2-4-16-46(42)38-50)60-22-10-18-44-14-6-8-20-54(44)60/h1-40H. The number of rotatable bonds is 6. The van der Waals surface area contributed by atoms with E-state index < -0.39 is 0 Å².